The minimum Gasteiger partial charge on any atom is -0.393 e. The van der Waals surface area contributed by atoms with E-state index in [4.69, 9.17) is 0 Å². The van der Waals surface area contributed by atoms with Gasteiger partial charge in [-0.25, -0.2) is 0 Å². The Morgan fingerprint density at radius 1 is 1.38 bits per heavy atom. The molecule has 46 valence electrons. The van der Waals surface area contributed by atoms with Gasteiger partial charge < -0.3 is 5.11 Å². The van der Waals surface area contributed by atoms with E-state index in [-0.39, 0.29) is 6.10 Å². The van der Waals surface area contributed by atoms with E-state index < -0.39 is 0 Å². The van der Waals surface area contributed by atoms with Crippen LogP contribution in [0.2, 0.25) is 0 Å². The van der Waals surface area contributed by atoms with Crippen LogP contribution in [0.5, 0.6) is 0 Å². The summed E-state index contributed by atoms with van der Waals surface area (Å²) in [7, 11) is 0. The Hall–Kier alpha value is -0.0400. The molecule has 0 aromatic carbocycles. The van der Waals surface area contributed by atoms with Crippen molar-refractivity contribution in [2.75, 3.05) is 0 Å². The molecule has 0 aliphatic heterocycles. The molecule has 0 bridgehead atoms. The summed E-state index contributed by atoms with van der Waals surface area (Å²) in [5.74, 6) is 2.46. The van der Waals surface area contributed by atoms with E-state index >= 15 is 0 Å². The van der Waals surface area contributed by atoms with Crippen LogP contribution < -0.4 is 0 Å². The highest BCUT2D eigenvalue weighted by Gasteiger charge is 2.54. The van der Waals surface area contributed by atoms with E-state index in [1.165, 1.54) is 6.42 Å². The second-order valence-corrected chi connectivity index (χ2v) is 3.25. The van der Waals surface area contributed by atoms with E-state index in [9.17, 15) is 5.11 Å². The van der Waals surface area contributed by atoms with Crippen LogP contribution in [0.4, 0.5) is 0 Å². The molecule has 0 aromatic rings. The third kappa shape index (κ3) is 0.408. The topological polar surface area (TPSA) is 20.2 Å². The molecular formula is C7H12O. The molecule has 2 aliphatic carbocycles. The van der Waals surface area contributed by atoms with Crippen molar-refractivity contribution in [2.24, 2.45) is 17.8 Å². The maximum atomic E-state index is 9.21. The molecule has 0 saturated heterocycles. The lowest BCUT2D eigenvalue weighted by atomic mass is 10.1. The highest BCUT2D eigenvalue weighted by molar-refractivity contribution is 5.03. The van der Waals surface area contributed by atoms with E-state index in [1.807, 2.05) is 0 Å². The number of rotatable bonds is 0. The van der Waals surface area contributed by atoms with Gasteiger partial charge in [-0.05, 0) is 30.6 Å². The van der Waals surface area contributed by atoms with Crippen LogP contribution in [0.1, 0.15) is 19.8 Å². The summed E-state index contributed by atoms with van der Waals surface area (Å²) in [5, 5.41) is 9.21. The van der Waals surface area contributed by atoms with E-state index in [0.717, 1.165) is 18.3 Å². The van der Waals surface area contributed by atoms with Gasteiger partial charge in [0.25, 0.3) is 0 Å². The number of aliphatic hydroxyl groups excluding tert-OH is 1. The Balaban J connectivity index is 2.07. The highest BCUT2D eigenvalue weighted by Crippen LogP contribution is 2.56. The average molecular weight is 112 g/mol. The van der Waals surface area contributed by atoms with Crippen LogP contribution in [-0.4, -0.2) is 11.2 Å². The van der Waals surface area contributed by atoms with E-state index in [1.54, 1.807) is 0 Å². The number of aliphatic hydroxyl groups is 1. The Morgan fingerprint density at radius 2 is 2.12 bits per heavy atom. The molecule has 0 heterocycles. The number of hydrogen-bond donors (Lipinski definition) is 1. The van der Waals surface area contributed by atoms with Gasteiger partial charge in [-0.3, -0.25) is 0 Å². The fourth-order valence-electron chi connectivity index (χ4n) is 2.23. The lowest BCUT2D eigenvalue weighted by molar-refractivity contribution is 0.152. The van der Waals surface area contributed by atoms with Crippen molar-refractivity contribution in [3.63, 3.8) is 0 Å². The van der Waals surface area contributed by atoms with Crippen molar-refractivity contribution in [1.82, 2.24) is 0 Å². The van der Waals surface area contributed by atoms with Gasteiger partial charge in [-0.1, -0.05) is 6.92 Å². The second-order valence-electron chi connectivity index (χ2n) is 3.25. The van der Waals surface area contributed by atoms with Crippen LogP contribution in [0.3, 0.4) is 0 Å². The zero-order valence-electron chi connectivity index (χ0n) is 5.17. The zero-order valence-corrected chi connectivity index (χ0v) is 5.17. The summed E-state index contributed by atoms with van der Waals surface area (Å²) < 4.78 is 0. The van der Waals surface area contributed by atoms with Gasteiger partial charge in [0.05, 0.1) is 6.10 Å². The normalized spacial score (nSPS) is 60.8. The van der Waals surface area contributed by atoms with Gasteiger partial charge in [0.15, 0.2) is 0 Å². The Bertz CT molecular complexity index is 109. The minimum absolute atomic E-state index is 0.0648. The molecule has 0 unspecified atom stereocenters. The maximum absolute atomic E-state index is 9.21. The lowest BCUT2D eigenvalue weighted by Gasteiger charge is -2.01. The molecule has 1 nitrogen and oxygen atoms in total. The smallest absolute Gasteiger partial charge is 0.0573 e. The first-order valence-corrected chi connectivity index (χ1v) is 3.49. The van der Waals surface area contributed by atoms with Crippen molar-refractivity contribution in [3.8, 4) is 0 Å². The summed E-state index contributed by atoms with van der Waals surface area (Å²) in [6.07, 6.45) is 2.42. The molecule has 1 heteroatoms. The molecule has 0 aromatic heterocycles. The van der Waals surface area contributed by atoms with Crippen LogP contribution in [0, 0.1) is 17.8 Å². The predicted molar refractivity (Wildman–Crippen MR) is 31.4 cm³/mol. The second kappa shape index (κ2) is 1.27. The van der Waals surface area contributed by atoms with Crippen LogP contribution in [-0.2, 0) is 0 Å². The molecule has 0 amide bonds. The third-order valence-electron chi connectivity index (χ3n) is 2.88. The van der Waals surface area contributed by atoms with Crippen molar-refractivity contribution in [1.29, 1.82) is 0 Å². The molecule has 4 atom stereocenters. The SMILES string of the molecule is C[C@@H]1[C@H]2CC[C@H](O)[C@@H]12. The number of hydrogen-bond acceptors (Lipinski definition) is 1. The van der Waals surface area contributed by atoms with Crippen LogP contribution in [0.15, 0.2) is 0 Å². The van der Waals surface area contributed by atoms with Gasteiger partial charge in [-0.2, -0.15) is 0 Å². The van der Waals surface area contributed by atoms with E-state index in [0.29, 0.717) is 5.92 Å². The van der Waals surface area contributed by atoms with Gasteiger partial charge >= 0.3 is 0 Å². The molecular weight excluding hydrogens is 100 g/mol. The summed E-state index contributed by atoms with van der Waals surface area (Å²) in [6, 6.07) is 0. The largest absolute Gasteiger partial charge is 0.393 e. The standard InChI is InChI=1S/C7H12O/c1-4-5-2-3-6(8)7(4)5/h4-8H,2-3H2,1H3/t4-,5-,6+,7+/m1/s1. The molecule has 0 spiro atoms. The Labute approximate surface area is 49.7 Å². The van der Waals surface area contributed by atoms with Gasteiger partial charge in [0.1, 0.15) is 0 Å². The first kappa shape index (κ1) is 4.80. The molecule has 2 fully saturated rings. The highest BCUT2D eigenvalue weighted by atomic mass is 16.3. The van der Waals surface area contributed by atoms with Crippen molar-refractivity contribution in [3.05, 3.63) is 0 Å². The first-order chi connectivity index (χ1) is 3.80. The van der Waals surface area contributed by atoms with Crippen LogP contribution in [0.25, 0.3) is 0 Å². The number of fused-ring (bicyclic) bond motifs is 1. The fraction of sp³-hybridized carbons (Fsp3) is 1.00. The zero-order chi connectivity index (χ0) is 5.72. The van der Waals surface area contributed by atoms with Gasteiger partial charge in [0.2, 0.25) is 0 Å². The molecule has 8 heavy (non-hydrogen) atoms. The molecule has 2 saturated carbocycles. The predicted octanol–water partition coefficient (Wildman–Crippen LogP) is 1.02. The monoisotopic (exact) mass is 112 g/mol. The molecule has 1 N–H and O–H groups in total. The van der Waals surface area contributed by atoms with Crippen molar-refractivity contribution in [2.45, 2.75) is 25.9 Å². The van der Waals surface area contributed by atoms with E-state index in [2.05, 4.69) is 6.92 Å². The molecule has 0 radical (unpaired) electrons. The third-order valence-corrected chi connectivity index (χ3v) is 2.88. The summed E-state index contributed by atoms with van der Waals surface area (Å²) in [6.45, 7) is 2.25. The average Bonchev–Trinajstić information content (AvgIpc) is 2.13. The summed E-state index contributed by atoms with van der Waals surface area (Å²) >= 11 is 0. The molecule has 2 aliphatic rings. The lowest BCUT2D eigenvalue weighted by Crippen LogP contribution is -2.05. The first-order valence-electron chi connectivity index (χ1n) is 3.49. The molecule has 2 rings (SSSR count). The Morgan fingerprint density at radius 3 is 2.38 bits per heavy atom. The minimum atomic E-state index is 0.0648. The quantitative estimate of drug-likeness (QED) is 0.496. The van der Waals surface area contributed by atoms with Crippen molar-refractivity contribution >= 4 is 0 Å². The van der Waals surface area contributed by atoms with Crippen LogP contribution >= 0.6 is 0 Å². The summed E-state index contributed by atoms with van der Waals surface area (Å²) in [4.78, 5) is 0. The van der Waals surface area contributed by atoms with Crippen molar-refractivity contribution < 1.29 is 5.11 Å². The fourth-order valence-corrected chi connectivity index (χ4v) is 2.23. The maximum Gasteiger partial charge on any atom is 0.0573 e. The Kier molecular flexibility index (Phi) is 0.762. The van der Waals surface area contributed by atoms with Gasteiger partial charge in [0, 0.05) is 0 Å². The van der Waals surface area contributed by atoms with Gasteiger partial charge in [-0.15, -0.1) is 0 Å². The summed E-state index contributed by atoms with van der Waals surface area (Å²) in [5.41, 5.74) is 0.